The van der Waals surface area contributed by atoms with Crippen LogP contribution in [0.1, 0.15) is 6.92 Å². The van der Waals surface area contributed by atoms with Gasteiger partial charge in [-0.3, -0.25) is 10.5 Å². The highest BCUT2D eigenvalue weighted by molar-refractivity contribution is 5.88. The Balaban J connectivity index is 2.65. The van der Waals surface area contributed by atoms with E-state index in [1.54, 1.807) is 0 Å². The van der Waals surface area contributed by atoms with Crippen molar-refractivity contribution in [1.82, 2.24) is 4.90 Å². The van der Waals surface area contributed by atoms with E-state index in [9.17, 15) is 31.5 Å². The topological polar surface area (TPSA) is 72.6 Å². The fourth-order valence-corrected chi connectivity index (χ4v) is 1.26. The summed E-state index contributed by atoms with van der Waals surface area (Å²) in [6.45, 7) is -1.25. The lowest BCUT2D eigenvalue weighted by Crippen LogP contribution is -2.66. The lowest BCUT2D eigenvalue weighted by atomic mass is 10.1. The quantitative estimate of drug-likeness (QED) is 0.445. The number of carbonyl (C=O) groups excluding carboxylic acids is 2. The van der Waals surface area contributed by atoms with Gasteiger partial charge in [0.1, 0.15) is 0 Å². The normalized spacial score (nSPS) is 21.8. The van der Waals surface area contributed by atoms with Crippen LogP contribution in [0.4, 0.5) is 22.0 Å². The van der Waals surface area contributed by atoms with Crippen LogP contribution < -0.4 is 5.73 Å². The Morgan fingerprint density at radius 3 is 2.06 bits per heavy atom. The van der Waals surface area contributed by atoms with Gasteiger partial charge < -0.3 is 9.64 Å². The third-order valence-electron chi connectivity index (χ3n) is 2.09. The summed E-state index contributed by atoms with van der Waals surface area (Å²) in [5.41, 5.74) is 2.44. The Morgan fingerprint density at radius 2 is 1.72 bits per heavy atom. The Labute approximate surface area is 97.7 Å². The van der Waals surface area contributed by atoms with Gasteiger partial charge in [0.15, 0.2) is 0 Å². The summed E-state index contributed by atoms with van der Waals surface area (Å²) < 4.78 is 64.4. The van der Waals surface area contributed by atoms with E-state index in [1.807, 2.05) is 0 Å². The number of alkyl halides is 5. The molecule has 1 fully saturated rings. The maximum Gasteiger partial charge on any atom is 0.491 e. The highest BCUT2D eigenvalue weighted by Crippen LogP contribution is 2.29. The number of esters is 1. The number of nitrogens with zero attached hydrogens (tertiary/aromatic N) is 1. The van der Waals surface area contributed by atoms with E-state index in [2.05, 4.69) is 4.74 Å². The van der Waals surface area contributed by atoms with Crippen LogP contribution in [0, 0.1) is 0 Å². The van der Waals surface area contributed by atoms with Crippen LogP contribution in [0.5, 0.6) is 0 Å². The molecule has 1 amide bonds. The first-order valence-electron chi connectivity index (χ1n) is 4.61. The van der Waals surface area contributed by atoms with Gasteiger partial charge in [0.2, 0.25) is 5.72 Å². The fraction of sp³-hybridized carbons (Fsp3) is 0.750. The molecule has 0 aromatic carbocycles. The summed E-state index contributed by atoms with van der Waals surface area (Å²) in [7, 11) is 0. The van der Waals surface area contributed by atoms with Crippen molar-refractivity contribution in [3.8, 4) is 0 Å². The van der Waals surface area contributed by atoms with Crippen LogP contribution in [-0.4, -0.2) is 47.7 Å². The molecule has 18 heavy (non-hydrogen) atoms. The molecule has 2 N–H and O–H groups in total. The summed E-state index contributed by atoms with van der Waals surface area (Å²) in [5.74, 6) is -7.07. The number of ether oxygens (including phenoxy) is 1. The molecule has 0 aliphatic carbocycles. The molecule has 10 heteroatoms. The number of rotatable bonds is 2. The molecule has 5 nitrogen and oxygen atoms in total. The molecule has 1 rings (SSSR count). The monoisotopic (exact) mass is 276 g/mol. The van der Waals surface area contributed by atoms with Gasteiger partial charge in [-0.1, -0.05) is 0 Å². The first-order chi connectivity index (χ1) is 7.85. The van der Waals surface area contributed by atoms with E-state index in [1.165, 1.54) is 0 Å². The summed E-state index contributed by atoms with van der Waals surface area (Å²) in [6.07, 6.45) is -5.32. The van der Waals surface area contributed by atoms with Crippen LogP contribution in [0.25, 0.3) is 0 Å². The number of likely N-dealkylation sites (tertiary alicyclic amines) is 1. The molecule has 0 radical (unpaired) electrons. The van der Waals surface area contributed by atoms with Crippen LogP contribution >= 0.6 is 0 Å². The molecule has 0 aromatic heterocycles. The second-order valence-electron chi connectivity index (χ2n) is 4.01. The van der Waals surface area contributed by atoms with Crippen molar-refractivity contribution in [1.29, 1.82) is 0 Å². The van der Waals surface area contributed by atoms with Crippen LogP contribution in [0.15, 0.2) is 0 Å². The zero-order valence-electron chi connectivity index (χ0n) is 9.05. The molecule has 1 heterocycles. The predicted octanol–water partition coefficient (Wildman–Crippen LogP) is 0.244. The van der Waals surface area contributed by atoms with Crippen molar-refractivity contribution in [2.45, 2.75) is 24.7 Å². The molecular formula is C8H9F5N2O3. The average molecular weight is 276 g/mol. The van der Waals surface area contributed by atoms with Gasteiger partial charge in [-0.2, -0.15) is 13.2 Å². The first-order valence-corrected chi connectivity index (χ1v) is 4.61. The summed E-state index contributed by atoms with van der Waals surface area (Å²) in [5, 5.41) is 0. The molecule has 1 aliphatic rings. The minimum Gasteiger partial charge on any atom is -0.428 e. The van der Waals surface area contributed by atoms with Crippen LogP contribution in [0.3, 0.4) is 0 Å². The summed E-state index contributed by atoms with van der Waals surface area (Å²) in [4.78, 5) is 22.4. The number of nitrogens with two attached hydrogens (primary N) is 1. The van der Waals surface area contributed by atoms with Crippen LogP contribution in [-0.2, 0) is 14.3 Å². The Kier molecular flexibility index (Phi) is 3.28. The lowest BCUT2D eigenvalue weighted by molar-refractivity contribution is -0.218. The molecule has 0 aromatic rings. The van der Waals surface area contributed by atoms with Gasteiger partial charge in [0.05, 0.1) is 13.1 Å². The average Bonchev–Trinajstić information content (AvgIpc) is 2.10. The standard InChI is InChI=1S/C8H9F5N2O3/c1-6(14,18-5(17)8(11,12)13)4(16)15-2-7(9,10)3-15/h2-3,14H2,1H3/t6-/m0/s1. The van der Waals surface area contributed by atoms with Crippen molar-refractivity contribution < 1.29 is 36.3 Å². The summed E-state index contributed by atoms with van der Waals surface area (Å²) in [6, 6.07) is 0. The van der Waals surface area contributed by atoms with Crippen molar-refractivity contribution in [2.75, 3.05) is 13.1 Å². The molecule has 104 valence electrons. The summed E-state index contributed by atoms with van der Waals surface area (Å²) >= 11 is 0. The minimum atomic E-state index is -5.32. The lowest BCUT2D eigenvalue weighted by Gasteiger charge is -2.41. The van der Waals surface area contributed by atoms with Gasteiger partial charge in [-0.25, -0.2) is 13.6 Å². The maximum absolute atomic E-state index is 12.5. The van der Waals surface area contributed by atoms with E-state index in [0.29, 0.717) is 11.8 Å². The van der Waals surface area contributed by atoms with E-state index in [0.717, 1.165) is 0 Å². The van der Waals surface area contributed by atoms with Gasteiger partial charge in [0.25, 0.3) is 11.8 Å². The van der Waals surface area contributed by atoms with Crippen molar-refractivity contribution >= 4 is 11.9 Å². The fourth-order valence-electron chi connectivity index (χ4n) is 1.26. The predicted molar refractivity (Wildman–Crippen MR) is 46.3 cm³/mol. The van der Waals surface area contributed by atoms with Crippen molar-refractivity contribution in [2.24, 2.45) is 5.73 Å². The maximum atomic E-state index is 12.5. The number of hydrogen-bond donors (Lipinski definition) is 1. The number of halogens is 5. The van der Waals surface area contributed by atoms with E-state index < -0.39 is 42.8 Å². The van der Waals surface area contributed by atoms with Crippen LogP contribution in [0.2, 0.25) is 0 Å². The third kappa shape index (κ3) is 3.06. The SMILES string of the molecule is C[C@](N)(OC(=O)C(F)(F)F)C(=O)N1CC(F)(F)C1. The number of amides is 1. The Hall–Kier alpha value is -1.45. The van der Waals surface area contributed by atoms with E-state index >= 15 is 0 Å². The highest BCUT2D eigenvalue weighted by atomic mass is 19.4. The van der Waals surface area contributed by atoms with Gasteiger partial charge in [-0.15, -0.1) is 0 Å². The van der Waals surface area contributed by atoms with E-state index in [4.69, 9.17) is 5.73 Å². The third-order valence-corrected chi connectivity index (χ3v) is 2.09. The second-order valence-corrected chi connectivity index (χ2v) is 4.01. The van der Waals surface area contributed by atoms with Gasteiger partial charge in [-0.05, 0) is 6.92 Å². The Morgan fingerprint density at radius 1 is 1.28 bits per heavy atom. The Bertz CT molecular complexity index is 371. The smallest absolute Gasteiger partial charge is 0.428 e. The van der Waals surface area contributed by atoms with Crippen molar-refractivity contribution in [3.63, 3.8) is 0 Å². The zero-order chi connectivity index (χ0) is 14.4. The molecule has 1 aliphatic heterocycles. The molecule has 1 saturated heterocycles. The highest BCUT2D eigenvalue weighted by Gasteiger charge is 2.53. The minimum absolute atomic E-state index is 0.504. The van der Waals surface area contributed by atoms with Gasteiger partial charge in [0, 0.05) is 0 Å². The largest absolute Gasteiger partial charge is 0.491 e. The number of hydrogen-bond acceptors (Lipinski definition) is 4. The van der Waals surface area contributed by atoms with E-state index in [-0.39, 0.29) is 0 Å². The van der Waals surface area contributed by atoms with Gasteiger partial charge >= 0.3 is 12.1 Å². The molecular weight excluding hydrogens is 267 g/mol. The van der Waals surface area contributed by atoms with Crippen molar-refractivity contribution in [3.05, 3.63) is 0 Å². The molecule has 0 spiro atoms. The molecule has 0 unspecified atom stereocenters. The first kappa shape index (κ1) is 14.6. The molecule has 0 saturated carbocycles. The molecule has 1 atom stereocenters. The second kappa shape index (κ2) is 4.04. The molecule has 0 bridgehead atoms. The zero-order valence-corrected chi connectivity index (χ0v) is 9.05. The number of carbonyl (C=O) groups is 2.